The van der Waals surface area contributed by atoms with Crippen molar-refractivity contribution in [3.63, 3.8) is 0 Å². The smallest absolute Gasteiger partial charge is 0.139 e. The van der Waals surface area contributed by atoms with Crippen molar-refractivity contribution in [2.45, 2.75) is 26.7 Å². The van der Waals surface area contributed by atoms with Crippen LogP contribution in [0.1, 0.15) is 25.8 Å². The Bertz CT molecular complexity index is 617. The molecule has 21 heavy (non-hydrogen) atoms. The lowest BCUT2D eigenvalue weighted by Crippen LogP contribution is -2.08. The molecular formula is C15H18Br2N4. The highest BCUT2D eigenvalue weighted by Crippen LogP contribution is 2.31. The molecule has 0 aliphatic heterocycles. The maximum Gasteiger partial charge on any atom is 0.139 e. The van der Waals surface area contributed by atoms with Gasteiger partial charge in [-0.25, -0.2) is 9.97 Å². The van der Waals surface area contributed by atoms with Gasteiger partial charge in [-0.1, -0.05) is 29.3 Å². The van der Waals surface area contributed by atoms with Crippen LogP contribution in [0.25, 0.3) is 0 Å². The van der Waals surface area contributed by atoms with Crippen molar-refractivity contribution in [1.29, 1.82) is 0 Å². The van der Waals surface area contributed by atoms with Gasteiger partial charge in [0.2, 0.25) is 0 Å². The number of aromatic nitrogens is 2. The van der Waals surface area contributed by atoms with E-state index in [4.69, 9.17) is 0 Å². The van der Waals surface area contributed by atoms with E-state index in [0.717, 1.165) is 51.2 Å². The number of nitrogens with zero attached hydrogens (tertiary/aromatic N) is 2. The summed E-state index contributed by atoms with van der Waals surface area (Å²) in [5.74, 6) is 1.76. The SMILES string of the molecule is CCCc1c(NCC)ncnc1Nc1ccc(Br)cc1Br. The van der Waals surface area contributed by atoms with E-state index in [9.17, 15) is 0 Å². The zero-order valence-corrected chi connectivity index (χ0v) is 15.3. The van der Waals surface area contributed by atoms with Gasteiger partial charge < -0.3 is 10.6 Å². The highest BCUT2D eigenvalue weighted by Gasteiger charge is 2.11. The van der Waals surface area contributed by atoms with Gasteiger partial charge in [0.25, 0.3) is 0 Å². The first-order valence-electron chi connectivity index (χ1n) is 6.95. The summed E-state index contributed by atoms with van der Waals surface area (Å²) in [6.45, 7) is 5.06. The van der Waals surface area contributed by atoms with Gasteiger partial charge in [-0.3, -0.25) is 0 Å². The van der Waals surface area contributed by atoms with E-state index in [2.05, 4.69) is 66.3 Å². The summed E-state index contributed by atoms with van der Waals surface area (Å²) in [6, 6.07) is 6.02. The minimum atomic E-state index is 0.842. The van der Waals surface area contributed by atoms with E-state index in [1.807, 2.05) is 18.2 Å². The van der Waals surface area contributed by atoms with Gasteiger partial charge in [0.1, 0.15) is 18.0 Å². The van der Waals surface area contributed by atoms with Gasteiger partial charge in [-0.15, -0.1) is 0 Å². The molecule has 0 saturated carbocycles. The fourth-order valence-corrected chi connectivity index (χ4v) is 3.19. The summed E-state index contributed by atoms with van der Waals surface area (Å²) >= 11 is 7.03. The quantitative estimate of drug-likeness (QED) is 0.689. The molecule has 0 fully saturated rings. The van der Waals surface area contributed by atoms with Crippen molar-refractivity contribution in [3.8, 4) is 0 Å². The van der Waals surface area contributed by atoms with E-state index >= 15 is 0 Å². The molecule has 0 unspecified atom stereocenters. The van der Waals surface area contributed by atoms with E-state index < -0.39 is 0 Å². The molecule has 112 valence electrons. The number of rotatable bonds is 6. The van der Waals surface area contributed by atoms with Gasteiger partial charge in [0, 0.05) is 21.1 Å². The van der Waals surface area contributed by atoms with Crippen LogP contribution in [0.3, 0.4) is 0 Å². The topological polar surface area (TPSA) is 49.8 Å². The molecule has 0 amide bonds. The fraction of sp³-hybridized carbons (Fsp3) is 0.333. The molecule has 1 heterocycles. The van der Waals surface area contributed by atoms with Gasteiger partial charge in [-0.05, 0) is 47.5 Å². The van der Waals surface area contributed by atoms with E-state index in [1.165, 1.54) is 0 Å². The normalized spacial score (nSPS) is 10.5. The van der Waals surface area contributed by atoms with Crippen molar-refractivity contribution in [3.05, 3.63) is 39.0 Å². The number of nitrogens with one attached hydrogen (secondary N) is 2. The highest BCUT2D eigenvalue weighted by atomic mass is 79.9. The van der Waals surface area contributed by atoms with Gasteiger partial charge >= 0.3 is 0 Å². The Morgan fingerprint density at radius 2 is 1.86 bits per heavy atom. The second kappa shape index (κ2) is 7.75. The summed E-state index contributed by atoms with van der Waals surface area (Å²) in [5.41, 5.74) is 2.10. The third-order valence-corrected chi connectivity index (χ3v) is 4.12. The second-order valence-electron chi connectivity index (χ2n) is 4.58. The molecule has 0 bridgehead atoms. The van der Waals surface area contributed by atoms with Crippen molar-refractivity contribution < 1.29 is 0 Å². The van der Waals surface area contributed by atoms with E-state index in [1.54, 1.807) is 6.33 Å². The fourth-order valence-electron chi connectivity index (χ4n) is 2.05. The molecule has 2 rings (SSSR count). The monoisotopic (exact) mass is 412 g/mol. The van der Waals surface area contributed by atoms with Crippen LogP contribution in [0.15, 0.2) is 33.5 Å². The summed E-state index contributed by atoms with van der Waals surface area (Å²) in [4.78, 5) is 8.75. The van der Waals surface area contributed by atoms with E-state index in [0.29, 0.717) is 0 Å². The predicted molar refractivity (Wildman–Crippen MR) is 95.3 cm³/mol. The Balaban J connectivity index is 2.36. The zero-order chi connectivity index (χ0) is 15.2. The van der Waals surface area contributed by atoms with Crippen LogP contribution < -0.4 is 10.6 Å². The second-order valence-corrected chi connectivity index (χ2v) is 6.35. The molecule has 1 aromatic carbocycles. The molecule has 0 spiro atoms. The first-order valence-corrected chi connectivity index (χ1v) is 8.54. The Morgan fingerprint density at radius 1 is 1.10 bits per heavy atom. The Labute approximate surface area is 142 Å². The summed E-state index contributed by atoms with van der Waals surface area (Å²) in [5, 5.41) is 6.69. The number of hydrogen-bond acceptors (Lipinski definition) is 4. The Morgan fingerprint density at radius 3 is 2.52 bits per heavy atom. The summed E-state index contributed by atoms with van der Waals surface area (Å²) in [6.07, 6.45) is 3.56. The molecule has 4 nitrogen and oxygen atoms in total. The standard InChI is InChI=1S/C15H18Br2N4/c1-3-5-11-14(18-4-2)19-9-20-15(11)21-13-7-6-10(16)8-12(13)17/h6-9H,3-5H2,1-2H3,(H2,18,19,20,21). The van der Waals surface area contributed by atoms with Crippen molar-refractivity contribution in [2.24, 2.45) is 0 Å². The van der Waals surface area contributed by atoms with Crippen LogP contribution in [0.2, 0.25) is 0 Å². The molecule has 0 radical (unpaired) electrons. The maximum absolute atomic E-state index is 4.40. The average Bonchev–Trinajstić information content (AvgIpc) is 2.45. The zero-order valence-electron chi connectivity index (χ0n) is 12.1. The molecular weight excluding hydrogens is 396 g/mol. The van der Waals surface area contributed by atoms with Crippen LogP contribution in [0.4, 0.5) is 17.3 Å². The largest absolute Gasteiger partial charge is 0.370 e. The lowest BCUT2D eigenvalue weighted by Gasteiger charge is -2.15. The molecule has 6 heteroatoms. The Kier molecular flexibility index (Phi) is 5.99. The lowest BCUT2D eigenvalue weighted by molar-refractivity contribution is 0.902. The minimum Gasteiger partial charge on any atom is -0.370 e. The first kappa shape index (κ1) is 16.2. The molecule has 1 aromatic heterocycles. The van der Waals surface area contributed by atoms with E-state index in [-0.39, 0.29) is 0 Å². The number of anilines is 3. The third-order valence-electron chi connectivity index (χ3n) is 2.97. The highest BCUT2D eigenvalue weighted by molar-refractivity contribution is 9.11. The summed E-state index contributed by atoms with van der Waals surface area (Å²) < 4.78 is 2.02. The molecule has 0 aliphatic carbocycles. The van der Waals surface area contributed by atoms with Gasteiger partial charge in [-0.2, -0.15) is 0 Å². The number of hydrogen-bond donors (Lipinski definition) is 2. The van der Waals surface area contributed by atoms with Crippen LogP contribution in [0, 0.1) is 0 Å². The first-order chi connectivity index (χ1) is 10.2. The number of halogens is 2. The van der Waals surface area contributed by atoms with Gasteiger partial charge in [0.05, 0.1) is 5.69 Å². The van der Waals surface area contributed by atoms with Crippen molar-refractivity contribution in [1.82, 2.24) is 9.97 Å². The molecule has 0 saturated heterocycles. The molecule has 0 atom stereocenters. The third kappa shape index (κ3) is 4.17. The summed E-state index contributed by atoms with van der Waals surface area (Å²) in [7, 11) is 0. The number of benzene rings is 1. The average molecular weight is 414 g/mol. The predicted octanol–water partition coefficient (Wildman–Crippen LogP) is 5.13. The van der Waals surface area contributed by atoms with Crippen LogP contribution in [-0.4, -0.2) is 16.5 Å². The lowest BCUT2D eigenvalue weighted by atomic mass is 10.1. The molecule has 2 aromatic rings. The minimum absolute atomic E-state index is 0.842. The molecule has 0 aliphatic rings. The van der Waals surface area contributed by atoms with Crippen LogP contribution >= 0.6 is 31.9 Å². The Hall–Kier alpha value is -1.14. The van der Waals surface area contributed by atoms with Gasteiger partial charge in [0.15, 0.2) is 0 Å². The van der Waals surface area contributed by atoms with Crippen LogP contribution in [-0.2, 0) is 6.42 Å². The van der Waals surface area contributed by atoms with Crippen molar-refractivity contribution >= 4 is 49.2 Å². The molecule has 2 N–H and O–H groups in total. The van der Waals surface area contributed by atoms with Crippen LogP contribution in [0.5, 0.6) is 0 Å². The maximum atomic E-state index is 4.40. The van der Waals surface area contributed by atoms with Crippen molar-refractivity contribution in [2.75, 3.05) is 17.2 Å².